The van der Waals surface area contributed by atoms with Gasteiger partial charge in [0, 0.05) is 33.9 Å². The van der Waals surface area contributed by atoms with Gasteiger partial charge in [-0.25, -0.2) is 0 Å². The van der Waals surface area contributed by atoms with Crippen LogP contribution in [0.15, 0.2) is 18.2 Å². The van der Waals surface area contributed by atoms with E-state index >= 15 is 0 Å². The molecule has 7 nitrogen and oxygen atoms in total. The number of hydrogen-bond donors (Lipinski definition) is 1. The van der Waals surface area contributed by atoms with Gasteiger partial charge in [0.1, 0.15) is 24.7 Å². The highest BCUT2D eigenvalue weighted by molar-refractivity contribution is 5.46. The number of rotatable bonds is 15. The highest BCUT2D eigenvalue weighted by atomic mass is 16.5. The van der Waals surface area contributed by atoms with E-state index in [0.29, 0.717) is 38.3 Å². The van der Waals surface area contributed by atoms with Gasteiger partial charge in [-0.3, -0.25) is 0 Å². The molecule has 0 aromatic heterocycles. The van der Waals surface area contributed by atoms with Crippen molar-refractivity contribution in [1.29, 1.82) is 0 Å². The van der Waals surface area contributed by atoms with E-state index in [2.05, 4.69) is 39.0 Å². The zero-order chi connectivity index (χ0) is 29.3. The molecule has 0 spiro atoms. The summed E-state index contributed by atoms with van der Waals surface area (Å²) in [5.41, 5.74) is 8.37. The lowest BCUT2D eigenvalue weighted by Crippen LogP contribution is -2.47. The lowest BCUT2D eigenvalue weighted by Gasteiger charge is -2.50. The van der Waals surface area contributed by atoms with Crippen molar-refractivity contribution in [2.24, 2.45) is 28.4 Å². The van der Waals surface area contributed by atoms with Gasteiger partial charge in [0.15, 0.2) is 0 Å². The van der Waals surface area contributed by atoms with E-state index in [1.165, 1.54) is 24.8 Å². The maximum atomic E-state index is 6.62. The summed E-state index contributed by atoms with van der Waals surface area (Å²) in [5, 5.41) is 0. The van der Waals surface area contributed by atoms with Crippen LogP contribution >= 0.6 is 0 Å². The van der Waals surface area contributed by atoms with Crippen molar-refractivity contribution < 1.29 is 28.4 Å². The van der Waals surface area contributed by atoms with E-state index in [1.807, 2.05) is 13.8 Å². The Morgan fingerprint density at radius 3 is 1.98 bits per heavy atom. The van der Waals surface area contributed by atoms with Crippen LogP contribution in [0, 0.1) is 22.7 Å². The molecule has 2 bridgehead atoms. The van der Waals surface area contributed by atoms with Crippen molar-refractivity contribution in [2.75, 3.05) is 66.1 Å². The maximum Gasteiger partial charge on any atom is 0.126 e. The molecular weight excluding hydrogens is 518 g/mol. The molecule has 1 aromatic carbocycles. The largest absolute Gasteiger partial charge is 0.491 e. The average molecular weight is 576 g/mol. The minimum Gasteiger partial charge on any atom is -0.491 e. The van der Waals surface area contributed by atoms with E-state index in [1.54, 1.807) is 0 Å². The van der Waals surface area contributed by atoms with E-state index in [0.717, 1.165) is 76.8 Å². The summed E-state index contributed by atoms with van der Waals surface area (Å²) in [7, 11) is 0. The van der Waals surface area contributed by atoms with Crippen molar-refractivity contribution >= 4 is 0 Å². The number of nitrogens with two attached hydrogens (primary N) is 1. The Labute approximate surface area is 249 Å². The van der Waals surface area contributed by atoms with E-state index in [4.69, 9.17) is 34.2 Å². The van der Waals surface area contributed by atoms with Crippen molar-refractivity contribution in [2.45, 2.75) is 91.0 Å². The molecule has 7 heteroatoms. The Morgan fingerprint density at radius 1 is 0.805 bits per heavy atom. The van der Waals surface area contributed by atoms with Crippen molar-refractivity contribution in [3.63, 3.8) is 0 Å². The molecule has 41 heavy (non-hydrogen) atoms. The third kappa shape index (κ3) is 7.97. The second-order valence-electron chi connectivity index (χ2n) is 13.2. The molecule has 4 aliphatic rings. The lowest BCUT2D eigenvalue weighted by atomic mass is 9.55. The van der Waals surface area contributed by atoms with Gasteiger partial charge < -0.3 is 34.2 Å². The second kappa shape index (κ2) is 14.9. The number of fused-ring (bicyclic) bond motifs is 2. The Kier molecular flexibility index (Phi) is 11.8. The van der Waals surface area contributed by atoms with Gasteiger partial charge in [-0.1, -0.05) is 40.7 Å². The number of hydrogen-bond acceptors (Lipinski definition) is 7. The molecule has 0 radical (unpaired) electrons. The van der Waals surface area contributed by atoms with Crippen molar-refractivity contribution in [3.05, 3.63) is 23.8 Å². The molecule has 4 atom stereocenters. The van der Waals surface area contributed by atoms with Crippen molar-refractivity contribution in [3.8, 4) is 11.5 Å². The molecule has 0 amide bonds. The molecule has 2 aliphatic carbocycles. The number of benzene rings is 1. The molecule has 2 saturated carbocycles. The summed E-state index contributed by atoms with van der Waals surface area (Å²) in [6.07, 6.45) is 7.99. The monoisotopic (exact) mass is 575 g/mol. The topological polar surface area (TPSA) is 81.4 Å². The van der Waals surface area contributed by atoms with Crippen LogP contribution in [-0.2, 0) is 24.4 Å². The first kappa shape index (κ1) is 32.5. The quantitative estimate of drug-likeness (QED) is 0.251. The van der Waals surface area contributed by atoms with Crippen LogP contribution in [-0.4, -0.2) is 72.1 Å². The molecule has 4 unspecified atom stereocenters. The van der Waals surface area contributed by atoms with Gasteiger partial charge in [0.05, 0.1) is 52.9 Å². The molecule has 2 N–H and O–H groups in total. The van der Waals surface area contributed by atoms with Crippen molar-refractivity contribution in [1.82, 2.24) is 0 Å². The predicted molar refractivity (Wildman–Crippen MR) is 163 cm³/mol. The standard InChI is InChI=1S/C32H51NO6.C2H6/c1-4-30(20-36-21-30)18-34-8-10-38-27-6-7-28(32-15-24(3)12-25(16-32)13-26(33)17-32)29(14-27)39-11-9-35-19-31(5-2)22-37-23-31;1-2/h6-7,14,24-26H,4-5,8-13,15-23,33H2,1-3H3;1-2H3. The van der Waals surface area contributed by atoms with Crippen LogP contribution < -0.4 is 15.2 Å². The van der Waals surface area contributed by atoms with Crippen LogP contribution in [0.4, 0.5) is 0 Å². The molecule has 4 fully saturated rings. The highest BCUT2D eigenvalue weighted by Crippen LogP contribution is 2.54. The van der Waals surface area contributed by atoms with Crippen LogP contribution in [0.3, 0.4) is 0 Å². The minimum absolute atomic E-state index is 0.0761. The SMILES string of the molecule is CC.CCC1(COCCOc2ccc(C34CC(C)CC(CC(N)C3)C4)c(OCCOCC3(CC)COC3)c2)COC1. The molecular formula is C34H57NO6. The van der Waals surface area contributed by atoms with E-state index in [-0.39, 0.29) is 22.3 Å². The zero-order valence-electron chi connectivity index (χ0n) is 26.5. The molecule has 2 aliphatic heterocycles. The first-order valence-corrected chi connectivity index (χ1v) is 16.4. The third-order valence-electron chi connectivity index (χ3n) is 9.90. The third-order valence-corrected chi connectivity index (χ3v) is 9.90. The van der Waals surface area contributed by atoms with Gasteiger partial charge in [0.25, 0.3) is 0 Å². The lowest BCUT2D eigenvalue weighted by molar-refractivity contribution is -0.151. The van der Waals surface area contributed by atoms with Crippen LogP contribution in [0.25, 0.3) is 0 Å². The fourth-order valence-electron chi connectivity index (χ4n) is 7.44. The summed E-state index contributed by atoms with van der Waals surface area (Å²) in [5.74, 6) is 3.14. The summed E-state index contributed by atoms with van der Waals surface area (Å²) in [6, 6.07) is 6.69. The number of ether oxygens (including phenoxy) is 6. The summed E-state index contributed by atoms with van der Waals surface area (Å²) in [6.45, 7) is 17.6. The Hall–Kier alpha value is -1.38. The molecule has 2 saturated heterocycles. The van der Waals surface area contributed by atoms with Gasteiger partial charge in [0.2, 0.25) is 0 Å². The average Bonchev–Trinajstić information content (AvgIpc) is 2.91. The highest BCUT2D eigenvalue weighted by Gasteiger charge is 2.47. The second-order valence-corrected chi connectivity index (χ2v) is 13.2. The first-order valence-electron chi connectivity index (χ1n) is 16.4. The van der Waals surface area contributed by atoms with E-state index < -0.39 is 0 Å². The molecule has 2 heterocycles. The first-order chi connectivity index (χ1) is 19.9. The zero-order valence-corrected chi connectivity index (χ0v) is 26.5. The Balaban J connectivity index is 0.00000189. The van der Waals surface area contributed by atoms with Crippen LogP contribution in [0.1, 0.15) is 85.1 Å². The predicted octanol–water partition coefficient (Wildman–Crippen LogP) is 6.15. The maximum absolute atomic E-state index is 6.62. The fourth-order valence-corrected chi connectivity index (χ4v) is 7.44. The Morgan fingerprint density at radius 2 is 1.41 bits per heavy atom. The summed E-state index contributed by atoms with van der Waals surface area (Å²) >= 11 is 0. The van der Waals surface area contributed by atoms with Gasteiger partial charge >= 0.3 is 0 Å². The molecule has 5 rings (SSSR count). The van der Waals surface area contributed by atoms with Gasteiger partial charge in [-0.15, -0.1) is 0 Å². The normalized spacial score (nSPS) is 29.4. The van der Waals surface area contributed by atoms with Crippen LogP contribution in [0.5, 0.6) is 11.5 Å². The van der Waals surface area contributed by atoms with E-state index in [9.17, 15) is 0 Å². The Bertz CT molecular complexity index is 899. The summed E-state index contributed by atoms with van der Waals surface area (Å²) in [4.78, 5) is 0. The molecule has 1 aromatic rings. The van der Waals surface area contributed by atoms with Gasteiger partial charge in [-0.2, -0.15) is 0 Å². The smallest absolute Gasteiger partial charge is 0.126 e. The minimum atomic E-state index is 0.0761. The summed E-state index contributed by atoms with van der Waals surface area (Å²) < 4.78 is 35.4. The van der Waals surface area contributed by atoms with Crippen LogP contribution in [0.2, 0.25) is 0 Å². The van der Waals surface area contributed by atoms with Gasteiger partial charge in [-0.05, 0) is 62.8 Å². The molecule has 234 valence electrons. The fraction of sp³-hybridized carbons (Fsp3) is 0.824.